The first-order chi connectivity index (χ1) is 4.17. The molecule has 1 atom stereocenters. The molecule has 2 fully saturated rings. The second-order valence-corrected chi connectivity index (χ2v) is 2.97. The van der Waals surface area contributed by atoms with Crippen molar-refractivity contribution in [2.75, 3.05) is 13.1 Å². The molecule has 0 bridgehead atoms. The van der Waals surface area contributed by atoms with Crippen molar-refractivity contribution >= 4 is 0 Å². The van der Waals surface area contributed by atoms with Crippen molar-refractivity contribution in [3.8, 4) is 0 Å². The van der Waals surface area contributed by atoms with Crippen LogP contribution in [-0.4, -0.2) is 30.0 Å². The summed E-state index contributed by atoms with van der Waals surface area (Å²) in [5.41, 5.74) is 0. The van der Waals surface area contributed by atoms with E-state index in [0.717, 1.165) is 13.0 Å². The van der Waals surface area contributed by atoms with E-state index in [1.807, 2.05) is 4.90 Å². The summed E-state index contributed by atoms with van der Waals surface area (Å²) in [6, 6.07) is 0.222. The molecule has 0 radical (unpaired) electrons. The third-order valence-electron chi connectivity index (χ3n) is 2.23. The summed E-state index contributed by atoms with van der Waals surface area (Å²) >= 11 is 0. The average Bonchev–Trinajstić information content (AvgIpc) is 1.90. The predicted octanol–water partition coefficient (Wildman–Crippen LogP) is 1.10. The normalized spacial score (nSPS) is 40.0. The van der Waals surface area contributed by atoms with E-state index in [1.54, 1.807) is 0 Å². The first kappa shape index (κ1) is 5.59. The Balaban J connectivity index is 2.07. The maximum Gasteiger partial charge on any atom is 0.262 e. The lowest BCUT2D eigenvalue weighted by Gasteiger charge is -2.33. The van der Waals surface area contributed by atoms with Crippen LogP contribution >= 0.6 is 0 Å². The van der Waals surface area contributed by atoms with E-state index >= 15 is 0 Å². The van der Waals surface area contributed by atoms with Gasteiger partial charge in [-0.25, -0.2) is 8.78 Å². The molecule has 0 spiro atoms. The molecule has 1 nitrogen and oxygen atoms in total. The van der Waals surface area contributed by atoms with Crippen LogP contribution in [0.4, 0.5) is 8.78 Å². The van der Waals surface area contributed by atoms with Crippen molar-refractivity contribution in [1.82, 2.24) is 4.90 Å². The van der Waals surface area contributed by atoms with Crippen LogP contribution in [0.2, 0.25) is 0 Å². The van der Waals surface area contributed by atoms with Gasteiger partial charge < -0.3 is 0 Å². The minimum atomic E-state index is -2.37. The number of rotatable bonds is 0. The van der Waals surface area contributed by atoms with Gasteiger partial charge in [0, 0.05) is 19.0 Å². The Morgan fingerprint density at radius 1 is 1.44 bits per heavy atom. The minimum Gasteiger partial charge on any atom is -0.294 e. The quantitative estimate of drug-likeness (QED) is 0.478. The highest BCUT2D eigenvalue weighted by molar-refractivity contribution is 4.96. The van der Waals surface area contributed by atoms with Crippen LogP contribution < -0.4 is 0 Å². The minimum absolute atomic E-state index is 0.0116. The molecule has 3 heteroatoms. The Kier molecular flexibility index (Phi) is 0.903. The fraction of sp³-hybridized carbons (Fsp3) is 1.00. The highest BCUT2D eigenvalue weighted by Gasteiger charge is 2.48. The van der Waals surface area contributed by atoms with Gasteiger partial charge in [-0.15, -0.1) is 0 Å². The van der Waals surface area contributed by atoms with E-state index in [-0.39, 0.29) is 19.0 Å². The van der Waals surface area contributed by atoms with E-state index < -0.39 is 5.92 Å². The summed E-state index contributed by atoms with van der Waals surface area (Å²) < 4.78 is 24.9. The molecule has 2 saturated heterocycles. The van der Waals surface area contributed by atoms with Crippen LogP contribution in [0.15, 0.2) is 0 Å². The third-order valence-corrected chi connectivity index (χ3v) is 2.23. The molecule has 0 amide bonds. The van der Waals surface area contributed by atoms with E-state index in [2.05, 4.69) is 0 Å². The average molecular weight is 133 g/mol. The molecule has 52 valence electrons. The lowest BCUT2D eigenvalue weighted by Crippen LogP contribution is -2.42. The maximum absolute atomic E-state index is 12.4. The first-order valence-electron chi connectivity index (χ1n) is 3.29. The number of nitrogens with zero attached hydrogens (tertiary/aromatic N) is 1. The third kappa shape index (κ3) is 0.748. The van der Waals surface area contributed by atoms with E-state index in [1.165, 1.54) is 0 Å². The highest BCUT2D eigenvalue weighted by Crippen LogP contribution is 2.38. The van der Waals surface area contributed by atoms with Crippen LogP contribution in [0.1, 0.15) is 12.8 Å². The highest BCUT2D eigenvalue weighted by atomic mass is 19.3. The van der Waals surface area contributed by atoms with Gasteiger partial charge in [0.15, 0.2) is 0 Å². The Bertz CT molecular complexity index is 121. The summed E-state index contributed by atoms with van der Waals surface area (Å²) in [5.74, 6) is -2.37. The van der Waals surface area contributed by atoms with Crippen molar-refractivity contribution in [1.29, 1.82) is 0 Å². The van der Waals surface area contributed by atoms with E-state index in [4.69, 9.17) is 0 Å². The molecule has 2 aliphatic rings. The zero-order chi connectivity index (χ0) is 6.48. The molecule has 0 saturated carbocycles. The fourth-order valence-electron chi connectivity index (χ4n) is 1.64. The first-order valence-corrected chi connectivity index (χ1v) is 3.29. The number of hydrogen-bond acceptors (Lipinski definition) is 1. The van der Waals surface area contributed by atoms with Gasteiger partial charge in [0.05, 0.1) is 6.54 Å². The van der Waals surface area contributed by atoms with Gasteiger partial charge in [-0.05, 0) is 6.42 Å². The zero-order valence-corrected chi connectivity index (χ0v) is 5.11. The zero-order valence-electron chi connectivity index (χ0n) is 5.11. The van der Waals surface area contributed by atoms with Gasteiger partial charge in [0.1, 0.15) is 0 Å². The van der Waals surface area contributed by atoms with E-state index in [9.17, 15) is 8.78 Å². The molecule has 1 unspecified atom stereocenters. The van der Waals surface area contributed by atoms with Gasteiger partial charge in [-0.3, -0.25) is 4.90 Å². The Hall–Kier alpha value is -0.180. The summed E-state index contributed by atoms with van der Waals surface area (Å²) in [7, 11) is 0. The molecular weight excluding hydrogens is 124 g/mol. The lowest BCUT2D eigenvalue weighted by atomic mass is 10.0. The largest absolute Gasteiger partial charge is 0.294 e. The van der Waals surface area contributed by atoms with Crippen LogP contribution in [0.3, 0.4) is 0 Å². The molecule has 0 N–H and O–H groups in total. The summed E-state index contributed by atoms with van der Waals surface area (Å²) in [4.78, 5) is 1.86. The van der Waals surface area contributed by atoms with Crippen LogP contribution in [0.25, 0.3) is 0 Å². The summed E-state index contributed by atoms with van der Waals surface area (Å²) in [6.45, 7) is 0.901. The molecule has 0 aromatic rings. The number of fused-ring (bicyclic) bond motifs is 1. The van der Waals surface area contributed by atoms with Gasteiger partial charge in [0.2, 0.25) is 0 Å². The predicted molar refractivity (Wildman–Crippen MR) is 29.5 cm³/mol. The second-order valence-electron chi connectivity index (χ2n) is 2.97. The summed E-state index contributed by atoms with van der Waals surface area (Å²) in [6.07, 6.45) is 1.09. The van der Waals surface area contributed by atoms with Crippen molar-refractivity contribution < 1.29 is 8.78 Å². The van der Waals surface area contributed by atoms with Crippen molar-refractivity contribution in [3.05, 3.63) is 0 Å². The van der Waals surface area contributed by atoms with E-state index in [0.29, 0.717) is 0 Å². The van der Waals surface area contributed by atoms with Gasteiger partial charge in [-0.1, -0.05) is 0 Å². The van der Waals surface area contributed by atoms with Crippen molar-refractivity contribution in [3.63, 3.8) is 0 Å². The lowest BCUT2D eigenvalue weighted by molar-refractivity contribution is 0.0132. The number of hydrogen-bond donors (Lipinski definition) is 0. The molecule has 0 aliphatic carbocycles. The summed E-state index contributed by atoms with van der Waals surface area (Å²) in [5, 5.41) is 0. The van der Waals surface area contributed by atoms with Gasteiger partial charge >= 0.3 is 0 Å². The van der Waals surface area contributed by atoms with Crippen LogP contribution in [0, 0.1) is 0 Å². The van der Waals surface area contributed by atoms with Crippen molar-refractivity contribution in [2.24, 2.45) is 0 Å². The molecule has 2 rings (SSSR count). The topological polar surface area (TPSA) is 3.24 Å². The second kappa shape index (κ2) is 1.45. The molecule has 0 aromatic heterocycles. The Morgan fingerprint density at radius 3 is 2.44 bits per heavy atom. The monoisotopic (exact) mass is 133 g/mol. The molecule has 2 heterocycles. The fourth-order valence-corrected chi connectivity index (χ4v) is 1.64. The van der Waals surface area contributed by atoms with Crippen LogP contribution in [0.5, 0.6) is 0 Å². The number of alkyl halides is 2. The standard InChI is InChI=1S/C6H9F2N/c7-6(8)3-5-1-2-9(5)4-6/h5H,1-4H2. The van der Waals surface area contributed by atoms with Gasteiger partial charge in [0.25, 0.3) is 5.92 Å². The molecule has 9 heavy (non-hydrogen) atoms. The molecule has 0 aromatic carbocycles. The maximum atomic E-state index is 12.4. The van der Waals surface area contributed by atoms with Gasteiger partial charge in [-0.2, -0.15) is 0 Å². The smallest absolute Gasteiger partial charge is 0.262 e. The molecule has 2 aliphatic heterocycles. The van der Waals surface area contributed by atoms with Crippen molar-refractivity contribution in [2.45, 2.75) is 24.8 Å². The Morgan fingerprint density at radius 2 is 2.22 bits per heavy atom. The SMILES string of the molecule is FC1(F)CC2CCN2C1. The van der Waals surface area contributed by atoms with Crippen LogP contribution in [-0.2, 0) is 0 Å². The number of halogens is 2. The molecular formula is C6H9F2N. The Labute approximate surface area is 52.6 Å².